The van der Waals surface area contributed by atoms with Gasteiger partial charge in [0.2, 0.25) is 11.8 Å². The maximum absolute atomic E-state index is 13.3. The number of anilines is 2. The lowest BCUT2D eigenvalue weighted by atomic mass is 10.2. The largest absolute Gasteiger partial charge is 0.375 e. The van der Waals surface area contributed by atoms with Gasteiger partial charge in [-0.1, -0.05) is 0 Å². The average Bonchev–Trinajstić information content (AvgIpc) is 2.22. The van der Waals surface area contributed by atoms with Gasteiger partial charge in [-0.05, 0) is 18.2 Å². The van der Waals surface area contributed by atoms with Gasteiger partial charge < -0.3 is 15.4 Å². The topological polar surface area (TPSA) is 67.4 Å². The minimum Gasteiger partial charge on any atom is -0.375 e. The molecule has 1 rings (SSSR count). The molecule has 2 amide bonds. The van der Waals surface area contributed by atoms with Gasteiger partial charge in [0.05, 0.1) is 5.69 Å². The molecule has 0 aliphatic heterocycles. The fourth-order valence-electron chi connectivity index (χ4n) is 1.22. The van der Waals surface area contributed by atoms with Gasteiger partial charge in [-0.2, -0.15) is 0 Å². The van der Waals surface area contributed by atoms with E-state index >= 15 is 0 Å². The first-order valence-corrected chi connectivity index (χ1v) is 4.89. The molecular weight excluding hydrogens is 227 g/mol. The fourth-order valence-corrected chi connectivity index (χ4v) is 1.22. The summed E-state index contributed by atoms with van der Waals surface area (Å²) in [6, 6.07) is 3.90. The first-order chi connectivity index (χ1) is 8.02. The van der Waals surface area contributed by atoms with Crippen LogP contribution in [0.1, 0.15) is 6.92 Å². The molecule has 0 aromatic heterocycles. The molecule has 0 heterocycles. The fraction of sp³-hybridized carbons (Fsp3) is 0.273. The number of benzene rings is 1. The number of methoxy groups -OCH3 is 1. The van der Waals surface area contributed by atoms with Gasteiger partial charge in [-0.3, -0.25) is 9.59 Å². The summed E-state index contributed by atoms with van der Waals surface area (Å²) in [4.78, 5) is 22.0. The molecule has 0 fully saturated rings. The summed E-state index contributed by atoms with van der Waals surface area (Å²) in [5.41, 5.74) is 0.407. The molecule has 2 N–H and O–H groups in total. The zero-order chi connectivity index (χ0) is 12.8. The highest BCUT2D eigenvalue weighted by atomic mass is 19.1. The van der Waals surface area contributed by atoms with E-state index in [-0.39, 0.29) is 24.1 Å². The van der Waals surface area contributed by atoms with E-state index in [1.165, 1.54) is 26.2 Å². The van der Waals surface area contributed by atoms with Crippen molar-refractivity contribution >= 4 is 23.2 Å². The van der Waals surface area contributed by atoms with Crippen LogP contribution in [0.2, 0.25) is 0 Å². The third-order valence-corrected chi connectivity index (χ3v) is 1.84. The van der Waals surface area contributed by atoms with E-state index < -0.39 is 5.82 Å². The Bertz CT molecular complexity index is 435. The first-order valence-electron chi connectivity index (χ1n) is 4.89. The summed E-state index contributed by atoms with van der Waals surface area (Å²) < 4.78 is 17.9. The highest BCUT2D eigenvalue weighted by Crippen LogP contribution is 2.19. The van der Waals surface area contributed by atoms with Gasteiger partial charge in [0.25, 0.3) is 0 Å². The first kappa shape index (κ1) is 13.1. The lowest BCUT2D eigenvalue weighted by Gasteiger charge is -2.08. The molecule has 0 aliphatic carbocycles. The maximum atomic E-state index is 13.3. The summed E-state index contributed by atoms with van der Waals surface area (Å²) in [6.07, 6.45) is 0. The number of rotatable bonds is 4. The standard InChI is InChI=1S/C11H13FN2O3/c1-7(15)13-10-5-8(3-4-9(10)12)14-11(16)6-17-2/h3-5H,6H2,1-2H3,(H,13,15)(H,14,16). The number of amides is 2. The van der Waals surface area contributed by atoms with Crippen molar-refractivity contribution in [1.29, 1.82) is 0 Å². The minimum absolute atomic E-state index is 0.0210. The quantitative estimate of drug-likeness (QED) is 0.835. The van der Waals surface area contributed by atoms with Crippen LogP contribution in [0.5, 0.6) is 0 Å². The Kier molecular flexibility index (Phi) is 4.59. The van der Waals surface area contributed by atoms with Gasteiger partial charge >= 0.3 is 0 Å². The molecule has 0 spiro atoms. The zero-order valence-electron chi connectivity index (χ0n) is 9.54. The molecule has 6 heteroatoms. The van der Waals surface area contributed by atoms with E-state index in [9.17, 15) is 14.0 Å². The van der Waals surface area contributed by atoms with Crippen LogP contribution in [0.4, 0.5) is 15.8 Å². The van der Waals surface area contributed by atoms with Gasteiger partial charge in [0.1, 0.15) is 12.4 Å². The predicted molar refractivity (Wildman–Crippen MR) is 61.2 cm³/mol. The van der Waals surface area contributed by atoms with E-state index in [1.54, 1.807) is 0 Å². The third kappa shape index (κ3) is 4.20. The molecule has 92 valence electrons. The van der Waals surface area contributed by atoms with Crippen molar-refractivity contribution in [3.05, 3.63) is 24.0 Å². The SMILES string of the molecule is COCC(=O)Nc1ccc(F)c(NC(C)=O)c1. The number of hydrogen-bond donors (Lipinski definition) is 2. The Morgan fingerprint density at radius 1 is 1.35 bits per heavy atom. The lowest BCUT2D eigenvalue weighted by molar-refractivity contribution is -0.119. The monoisotopic (exact) mass is 240 g/mol. The number of carbonyl (C=O) groups excluding carboxylic acids is 2. The molecule has 0 saturated heterocycles. The van der Waals surface area contributed by atoms with Crippen molar-refractivity contribution in [3.8, 4) is 0 Å². The molecule has 1 aromatic carbocycles. The van der Waals surface area contributed by atoms with E-state index in [0.717, 1.165) is 6.07 Å². The van der Waals surface area contributed by atoms with Crippen LogP contribution >= 0.6 is 0 Å². The van der Waals surface area contributed by atoms with Crippen LogP contribution in [0.15, 0.2) is 18.2 Å². The molecule has 0 saturated carbocycles. The zero-order valence-corrected chi connectivity index (χ0v) is 9.54. The minimum atomic E-state index is -0.565. The average molecular weight is 240 g/mol. The van der Waals surface area contributed by atoms with Gasteiger partial charge in [-0.15, -0.1) is 0 Å². The van der Waals surface area contributed by atoms with Crippen LogP contribution in [-0.4, -0.2) is 25.5 Å². The van der Waals surface area contributed by atoms with Crippen molar-refractivity contribution < 1.29 is 18.7 Å². The van der Waals surface area contributed by atoms with Crippen LogP contribution in [0.25, 0.3) is 0 Å². The molecule has 1 aromatic rings. The second kappa shape index (κ2) is 5.95. The van der Waals surface area contributed by atoms with Gasteiger partial charge in [0.15, 0.2) is 0 Å². The van der Waals surface area contributed by atoms with Crippen LogP contribution in [0, 0.1) is 5.82 Å². The Morgan fingerprint density at radius 2 is 2.06 bits per heavy atom. The van der Waals surface area contributed by atoms with Crippen molar-refractivity contribution in [1.82, 2.24) is 0 Å². The Hall–Kier alpha value is -1.95. The summed E-state index contributed by atoms with van der Waals surface area (Å²) in [5.74, 6) is -1.30. The van der Waals surface area contributed by atoms with Crippen molar-refractivity contribution in [2.75, 3.05) is 24.4 Å². The molecule has 0 bridgehead atoms. The molecule has 0 radical (unpaired) electrons. The Morgan fingerprint density at radius 3 is 2.65 bits per heavy atom. The van der Waals surface area contributed by atoms with E-state index in [2.05, 4.69) is 15.4 Å². The molecular formula is C11H13FN2O3. The molecule has 5 nitrogen and oxygen atoms in total. The second-order valence-electron chi connectivity index (χ2n) is 3.36. The molecule has 0 aliphatic rings. The van der Waals surface area contributed by atoms with Crippen molar-refractivity contribution in [2.45, 2.75) is 6.92 Å². The Labute approximate surface area is 98.0 Å². The van der Waals surface area contributed by atoms with Crippen LogP contribution in [-0.2, 0) is 14.3 Å². The number of hydrogen-bond acceptors (Lipinski definition) is 3. The smallest absolute Gasteiger partial charge is 0.250 e. The van der Waals surface area contributed by atoms with Gasteiger partial charge in [-0.25, -0.2) is 4.39 Å². The molecule has 17 heavy (non-hydrogen) atoms. The Balaban J connectivity index is 2.81. The lowest BCUT2D eigenvalue weighted by Crippen LogP contribution is -2.17. The van der Waals surface area contributed by atoms with Gasteiger partial charge in [0, 0.05) is 19.7 Å². The summed E-state index contributed by atoms with van der Waals surface area (Å²) in [6.45, 7) is 1.18. The van der Waals surface area contributed by atoms with Crippen LogP contribution < -0.4 is 10.6 Å². The van der Waals surface area contributed by atoms with E-state index in [1.807, 2.05) is 0 Å². The number of halogens is 1. The molecule has 0 unspecified atom stereocenters. The third-order valence-electron chi connectivity index (χ3n) is 1.84. The van der Waals surface area contributed by atoms with E-state index in [0.29, 0.717) is 5.69 Å². The summed E-state index contributed by atoms with van der Waals surface area (Å²) >= 11 is 0. The second-order valence-corrected chi connectivity index (χ2v) is 3.36. The van der Waals surface area contributed by atoms with Crippen LogP contribution in [0.3, 0.4) is 0 Å². The highest BCUT2D eigenvalue weighted by Gasteiger charge is 2.07. The normalized spacial score (nSPS) is 9.82. The maximum Gasteiger partial charge on any atom is 0.250 e. The van der Waals surface area contributed by atoms with Crippen molar-refractivity contribution in [2.24, 2.45) is 0 Å². The van der Waals surface area contributed by atoms with E-state index in [4.69, 9.17) is 0 Å². The highest BCUT2D eigenvalue weighted by molar-refractivity contribution is 5.94. The predicted octanol–water partition coefficient (Wildman–Crippen LogP) is 1.37. The van der Waals surface area contributed by atoms with Crippen molar-refractivity contribution in [3.63, 3.8) is 0 Å². The number of ether oxygens (including phenoxy) is 1. The summed E-state index contributed by atoms with van der Waals surface area (Å²) in [5, 5.41) is 4.82. The summed E-state index contributed by atoms with van der Waals surface area (Å²) in [7, 11) is 1.40. The molecule has 0 atom stereocenters. The number of nitrogens with one attached hydrogen (secondary N) is 2. The number of carbonyl (C=O) groups is 2.